The lowest BCUT2D eigenvalue weighted by molar-refractivity contribution is -0.123. The number of hydrogen-bond donors (Lipinski definition) is 2. The molecule has 2 amide bonds. The number of nitrogens with one attached hydrogen (secondary N) is 1. The van der Waals surface area contributed by atoms with Crippen LogP contribution in [0.2, 0.25) is 0 Å². The largest absolute Gasteiger partial charge is 0.368 e. The second kappa shape index (κ2) is 9.75. The molecule has 2 atom stereocenters. The Bertz CT molecular complexity index is 1630. The summed E-state index contributed by atoms with van der Waals surface area (Å²) in [5.41, 5.74) is 12.1. The molecule has 3 aliphatic rings. The Labute approximate surface area is 233 Å². The molecular weight excluding hydrogens is 498 g/mol. The van der Waals surface area contributed by atoms with Crippen molar-refractivity contribution in [1.82, 2.24) is 15.1 Å². The maximum absolute atomic E-state index is 13.6. The van der Waals surface area contributed by atoms with Crippen LogP contribution in [0.4, 0.5) is 5.69 Å². The number of amides is 2. The van der Waals surface area contributed by atoms with E-state index in [4.69, 9.17) is 5.73 Å². The molecule has 0 bridgehead atoms. The Morgan fingerprint density at radius 2 is 1.82 bits per heavy atom. The molecule has 2 fully saturated rings. The number of H-pyrrole nitrogens is 1. The van der Waals surface area contributed by atoms with Crippen molar-refractivity contribution < 1.29 is 9.59 Å². The third kappa shape index (κ3) is 4.21. The van der Waals surface area contributed by atoms with Crippen molar-refractivity contribution in [3.05, 3.63) is 94.7 Å². The van der Waals surface area contributed by atoms with E-state index in [9.17, 15) is 9.59 Å². The van der Waals surface area contributed by atoms with Crippen molar-refractivity contribution in [2.75, 3.05) is 24.5 Å². The van der Waals surface area contributed by atoms with Crippen LogP contribution in [0.25, 0.3) is 23.1 Å². The molecule has 3 heterocycles. The average Bonchev–Trinajstić information content (AvgIpc) is 3.54. The molecule has 1 aromatic heterocycles. The van der Waals surface area contributed by atoms with Crippen molar-refractivity contribution in [3.8, 4) is 0 Å². The lowest BCUT2D eigenvalue weighted by atomic mass is 9.92. The van der Waals surface area contributed by atoms with Gasteiger partial charge in [0.2, 0.25) is 11.8 Å². The second-order valence-corrected chi connectivity index (χ2v) is 11.4. The minimum absolute atomic E-state index is 0.0345. The van der Waals surface area contributed by atoms with E-state index in [1.807, 2.05) is 24.3 Å². The minimum atomic E-state index is -0.622. The molecule has 202 valence electrons. The molecule has 7 heteroatoms. The normalized spacial score (nSPS) is 22.4. The van der Waals surface area contributed by atoms with Gasteiger partial charge in [-0.25, -0.2) is 0 Å². The van der Waals surface area contributed by atoms with Gasteiger partial charge in [0.05, 0.1) is 16.6 Å². The van der Waals surface area contributed by atoms with E-state index in [0.717, 1.165) is 51.9 Å². The fourth-order valence-corrected chi connectivity index (χ4v) is 6.75. The maximum Gasteiger partial charge on any atom is 0.238 e. The van der Waals surface area contributed by atoms with Crippen LogP contribution in [0.3, 0.4) is 0 Å². The van der Waals surface area contributed by atoms with Crippen LogP contribution in [-0.2, 0) is 21.5 Å². The summed E-state index contributed by atoms with van der Waals surface area (Å²) in [6.45, 7) is 3.34. The SMILES string of the molecule is NC(=O)CN1C(=O)[C@@]2(C[C@H]2c2ccc3c(C=Cc4ccc(CN5CCCCC5)cc4)n[nH]c3c2)c2ccccc21. The van der Waals surface area contributed by atoms with Crippen molar-refractivity contribution in [1.29, 1.82) is 0 Å². The van der Waals surface area contributed by atoms with Crippen LogP contribution < -0.4 is 10.6 Å². The highest BCUT2D eigenvalue weighted by Crippen LogP contribution is 2.66. The van der Waals surface area contributed by atoms with Gasteiger partial charge in [-0.05, 0) is 72.8 Å². The van der Waals surface area contributed by atoms with Crippen LogP contribution in [0.15, 0.2) is 66.7 Å². The van der Waals surface area contributed by atoms with Gasteiger partial charge in [0, 0.05) is 23.5 Å². The molecule has 3 aromatic carbocycles. The van der Waals surface area contributed by atoms with Crippen molar-refractivity contribution in [2.24, 2.45) is 5.73 Å². The van der Waals surface area contributed by atoms with Gasteiger partial charge in [0.1, 0.15) is 6.54 Å². The van der Waals surface area contributed by atoms with Gasteiger partial charge in [0.25, 0.3) is 0 Å². The number of nitrogens with zero attached hydrogens (tertiary/aromatic N) is 3. The summed E-state index contributed by atoms with van der Waals surface area (Å²) in [5.74, 6) is -0.493. The number of primary amides is 1. The molecule has 1 saturated heterocycles. The summed E-state index contributed by atoms with van der Waals surface area (Å²) in [7, 11) is 0. The zero-order valence-corrected chi connectivity index (χ0v) is 22.5. The zero-order chi connectivity index (χ0) is 27.3. The standard InChI is InChI=1S/C33H33N5O2/c34-31(39)21-38-30-7-3-2-6-26(30)33(32(38)40)19-27(33)24-13-14-25-28(35-36-29(25)18-24)15-12-22-8-10-23(11-9-22)20-37-16-4-1-5-17-37/h2-3,6-15,18,27H,1,4-5,16-17,19-21H2,(H2,34,39)(H,35,36)/t27-,33-/m0/s1. The predicted molar refractivity (Wildman–Crippen MR) is 158 cm³/mol. The van der Waals surface area contributed by atoms with Gasteiger partial charge in [-0.2, -0.15) is 5.10 Å². The molecule has 40 heavy (non-hydrogen) atoms. The molecule has 1 aliphatic carbocycles. The molecular formula is C33H33N5O2. The number of fused-ring (bicyclic) bond motifs is 3. The fraction of sp³-hybridized carbons (Fsp3) is 0.303. The molecule has 7 nitrogen and oxygen atoms in total. The highest BCUT2D eigenvalue weighted by molar-refractivity contribution is 6.13. The second-order valence-electron chi connectivity index (χ2n) is 11.4. The summed E-state index contributed by atoms with van der Waals surface area (Å²) in [6, 6.07) is 22.9. The van der Waals surface area contributed by atoms with E-state index < -0.39 is 11.3 Å². The number of aromatic nitrogens is 2. The van der Waals surface area contributed by atoms with Crippen molar-refractivity contribution in [2.45, 2.75) is 43.6 Å². The van der Waals surface area contributed by atoms with Crippen LogP contribution in [-0.4, -0.2) is 46.5 Å². The highest BCUT2D eigenvalue weighted by Gasteiger charge is 2.67. The molecule has 2 aliphatic heterocycles. The lowest BCUT2D eigenvalue weighted by Gasteiger charge is -2.26. The Morgan fingerprint density at radius 3 is 2.62 bits per heavy atom. The summed E-state index contributed by atoms with van der Waals surface area (Å²) in [4.78, 5) is 29.3. The molecule has 0 unspecified atom stereocenters. The minimum Gasteiger partial charge on any atom is -0.368 e. The number of piperidine rings is 1. The van der Waals surface area contributed by atoms with E-state index in [0.29, 0.717) is 0 Å². The smallest absolute Gasteiger partial charge is 0.238 e. The first-order valence-electron chi connectivity index (χ1n) is 14.2. The first kappa shape index (κ1) is 24.8. The van der Waals surface area contributed by atoms with Crippen LogP contribution in [0.5, 0.6) is 0 Å². The quantitative estimate of drug-likeness (QED) is 0.352. The average molecular weight is 532 g/mol. The molecule has 7 rings (SSSR count). The van der Waals surface area contributed by atoms with E-state index in [1.54, 1.807) is 4.90 Å². The van der Waals surface area contributed by atoms with Crippen molar-refractivity contribution in [3.63, 3.8) is 0 Å². The molecule has 3 N–H and O–H groups in total. The third-order valence-electron chi connectivity index (χ3n) is 8.86. The number of carbonyl (C=O) groups excluding carboxylic acids is 2. The zero-order valence-electron chi connectivity index (χ0n) is 22.5. The number of aromatic amines is 1. The molecule has 1 spiro atoms. The van der Waals surface area contributed by atoms with Gasteiger partial charge >= 0.3 is 0 Å². The Hall–Kier alpha value is -4.23. The first-order chi connectivity index (χ1) is 19.5. The van der Waals surface area contributed by atoms with E-state index in [2.05, 4.69) is 69.7 Å². The summed E-state index contributed by atoms with van der Waals surface area (Å²) >= 11 is 0. The lowest BCUT2D eigenvalue weighted by Crippen LogP contribution is -2.39. The molecule has 4 aromatic rings. The number of rotatable bonds is 7. The number of carbonyl (C=O) groups is 2. The van der Waals surface area contributed by atoms with Gasteiger partial charge in [-0.3, -0.25) is 19.6 Å². The van der Waals surface area contributed by atoms with E-state index >= 15 is 0 Å². The Kier molecular flexibility index (Phi) is 6.04. The number of likely N-dealkylation sites (tertiary alicyclic amines) is 1. The Morgan fingerprint density at radius 1 is 1.02 bits per heavy atom. The number of benzene rings is 3. The Balaban J connectivity index is 1.09. The topological polar surface area (TPSA) is 95.3 Å². The molecule has 1 saturated carbocycles. The summed E-state index contributed by atoms with van der Waals surface area (Å²) in [5, 5.41) is 8.80. The maximum atomic E-state index is 13.6. The van der Waals surface area contributed by atoms with Gasteiger partial charge < -0.3 is 10.6 Å². The van der Waals surface area contributed by atoms with E-state index in [1.165, 1.54) is 37.9 Å². The summed E-state index contributed by atoms with van der Waals surface area (Å²) in [6.07, 6.45) is 8.85. The van der Waals surface area contributed by atoms with E-state index in [-0.39, 0.29) is 18.4 Å². The summed E-state index contributed by atoms with van der Waals surface area (Å²) < 4.78 is 0. The van der Waals surface area contributed by atoms with Crippen LogP contribution in [0, 0.1) is 0 Å². The number of nitrogens with two attached hydrogens (primary N) is 1. The number of hydrogen-bond acceptors (Lipinski definition) is 4. The van der Waals surface area contributed by atoms with Crippen LogP contribution >= 0.6 is 0 Å². The predicted octanol–water partition coefficient (Wildman–Crippen LogP) is 4.98. The third-order valence-corrected chi connectivity index (χ3v) is 8.86. The van der Waals surface area contributed by atoms with Crippen LogP contribution in [0.1, 0.15) is 59.5 Å². The van der Waals surface area contributed by atoms with Gasteiger partial charge in [-0.15, -0.1) is 0 Å². The molecule has 0 radical (unpaired) electrons. The van der Waals surface area contributed by atoms with Gasteiger partial charge in [0.15, 0.2) is 0 Å². The first-order valence-corrected chi connectivity index (χ1v) is 14.2. The number of anilines is 1. The monoisotopic (exact) mass is 531 g/mol. The fourth-order valence-electron chi connectivity index (χ4n) is 6.75. The van der Waals surface area contributed by atoms with Gasteiger partial charge in [-0.1, -0.05) is 67.1 Å². The highest BCUT2D eigenvalue weighted by atomic mass is 16.2. The number of para-hydroxylation sites is 1. The van der Waals surface area contributed by atoms with Crippen molar-refractivity contribution >= 4 is 40.6 Å².